The number of rotatable bonds is 5. The van der Waals surface area contributed by atoms with E-state index in [2.05, 4.69) is 79.1 Å². The maximum Gasteiger partial charge on any atom is 0.241 e. The summed E-state index contributed by atoms with van der Waals surface area (Å²) < 4.78 is 12.1. The molecule has 154 valence electrons. The molecule has 1 heterocycles. The summed E-state index contributed by atoms with van der Waals surface area (Å²) in [7, 11) is 0.0687. The van der Waals surface area contributed by atoms with Gasteiger partial charge in [0, 0.05) is 12.1 Å². The lowest BCUT2D eigenvalue weighted by molar-refractivity contribution is 0.320. The van der Waals surface area contributed by atoms with Crippen LogP contribution in [-0.2, 0) is 4.43 Å². The first-order chi connectivity index (χ1) is 14.0. The third-order valence-electron chi connectivity index (χ3n) is 5.97. The van der Waals surface area contributed by atoms with Gasteiger partial charge in [0.2, 0.25) is 8.32 Å². The summed E-state index contributed by atoms with van der Waals surface area (Å²) in [6.07, 6.45) is 5.87. The van der Waals surface area contributed by atoms with Crippen LogP contribution in [0.1, 0.15) is 43.7 Å². The van der Waals surface area contributed by atoms with Gasteiger partial charge in [-0.05, 0) is 74.3 Å². The zero-order valence-corrected chi connectivity index (χ0v) is 19.2. The van der Waals surface area contributed by atoms with E-state index in [4.69, 9.17) is 9.16 Å². The maximum atomic E-state index is 6.69. The molecule has 3 nitrogen and oxygen atoms in total. The van der Waals surface area contributed by atoms with Gasteiger partial charge in [-0.2, -0.15) is 0 Å². The van der Waals surface area contributed by atoms with Gasteiger partial charge in [0.15, 0.2) is 0 Å². The fourth-order valence-electron chi connectivity index (χ4n) is 4.79. The Kier molecular flexibility index (Phi) is 5.73. The average molecular weight is 408 g/mol. The third kappa shape index (κ3) is 4.37. The molecule has 29 heavy (non-hydrogen) atoms. The Bertz CT molecular complexity index is 855. The summed E-state index contributed by atoms with van der Waals surface area (Å²) in [4.78, 5) is 2.65. The topological polar surface area (TPSA) is 21.7 Å². The minimum absolute atomic E-state index is 0.294. The molecule has 4 rings (SSSR count). The normalized spacial score (nSPS) is 22.3. The number of nitrogens with zero attached hydrogens (tertiary/aromatic N) is 1. The standard InChI is InChI=1S/C25H33NO2Si/c1-27-21-16-14-20(15-17-21)26-23-13-9-8-12-22(23)25(28-29(2,3)4)18-24(26)19-10-6-5-7-11-19/h5-7,10-11,14-17,23-24H,8-9,12-13,18H2,1-4H3/t23-,24+/m0/s1. The van der Waals surface area contributed by atoms with Crippen molar-refractivity contribution in [1.82, 2.24) is 0 Å². The van der Waals surface area contributed by atoms with E-state index < -0.39 is 8.32 Å². The molecule has 0 saturated heterocycles. The van der Waals surface area contributed by atoms with E-state index in [1.54, 1.807) is 12.7 Å². The van der Waals surface area contributed by atoms with E-state index in [0.717, 1.165) is 12.2 Å². The highest BCUT2D eigenvalue weighted by Crippen LogP contribution is 2.46. The van der Waals surface area contributed by atoms with Crippen molar-refractivity contribution in [2.45, 2.75) is 63.8 Å². The molecule has 1 saturated carbocycles. The predicted octanol–water partition coefficient (Wildman–Crippen LogP) is 6.69. The van der Waals surface area contributed by atoms with Gasteiger partial charge in [-0.25, -0.2) is 0 Å². The van der Waals surface area contributed by atoms with Crippen molar-refractivity contribution in [3.05, 3.63) is 71.5 Å². The number of anilines is 1. The molecule has 2 atom stereocenters. The van der Waals surface area contributed by atoms with Crippen molar-refractivity contribution in [3.63, 3.8) is 0 Å². The molecular weight excluding hydrogens is 374 g/mol. The number of hydrogen-bond donors (Lipinski definition) is 0. The molecule has 1 aliphatic carbocycles. The zero-order chi connectivity index (χ0) is 20.4. The molecule has 2 aromatic carbocycles. The third-order valence-corrected chi connectivity index (χ3v) is 6.83. The fraction of sp³-hybridized carbons (Fsp3) is 0.440. The number of ether oxygens (including phenoxy) is 1. The quantitative estimate of drug-likeness (QED) is 0.515. The van der Waals surface area contributed by atoms with Crippen LogP contribution in [0, 0.1) is 0 Å². The second-order valence-corrected chi connectivity index (χ2v) is 13.6. The molecular formula is C25H33NO2Si. The molecule has 0 radical (unpaired) electrons. The average Bonchev–Trinajstić information content (AvgIpc) is 2.73. The van der Waals surface area contributed by atoms with E-state index in [0.29, 0.717) is 12.1 Å². The Balaban J connectivity index is 1.80. The van der Waals surface area contributed by atoms with Gasteiger partial charge in [0.05, 0.1) is 25.0 Å². The lowest BCUT2D eigenvalue weighted by Gasteiger charge is -2.48. The minimum Gasteiger partial charge on any atom is -0.547 e. The lowest BCUT2D eigenvalue weighted by Crippen LogP contribution is -2.46. The molecule has 2 aromatic rings. The summed E-state index contributed by atoms with van der Waals surface area (Å²) in [6, 6.07) is 20.2. The van der Waals surface area contributed by atoms with Gasteiger partial charge < -0.3 is 14.1 Å². The van der Waals surface area contributed by atoms with Gasteiger partial charge in [0.1, 0.15) is 5.75 Å². The van der Waals surface area contributed by atoms with Crippen LogP contribution in [0.4, 0.5) is 5.69 Å². The highest BCUT2D eigenvalue weighted by atomic mass is 28.4. The smallest absolute Gasteiger partial charge is 0.241 e. The number of methoxy groups -OCH3 is 1. The fourth-order valence-corrected chi connectivity index (χ4v) is 5.75. The van der Waals surface area contributed by atoms with Crippen molar-refractivity contribution in [2.75, 3.05) is 12.0 Å². The summed E-state index contributed by atoms with van der Waals surface area (Å²) in [5, 5.41) is 0. The molecule has 4 heteroatoms. The van der Waals surface area contributed by atoms with Gasteiger partial charge in [-0.15, -0.1) is 0 Å². The second-order valence-electron chi connectivity index (χ2n) is 9.16. The summed E-state index contributed by atoms with van der Waals surface area (Å²) in [6.45, 7) is 6.89. The van der Waals surface area contributed by atoms with E-state index in [9.17, 15) is 0 Å². The molecule has 1 fully saturated rings. The van der Waals surface area contributed by atoms with Crippen molar-refractivity contribution in [2.24, 2.45) is 0 Å². The Morgan fingerprint density at radius 2 is 1.62 bits per heavy atom. The first-order valence-electron chi connectivity index (χ1n) is 10.8. The van der Waals surface area contributed by atoms with E-state index in [1.807, 2.05) is 0 Å². The molecule has 2 aliphatic rings. The van der Waals surface area contributed by atoms with Crippen molar-refractivity contribution in [3.8, 4) is 5.75 Å². The highest BCUT2D eigenvalue weighted by molar-refractivity contribution is 6.70. The molecule has 0 amide bonds. The first-order valence-corrected chi connectivity index (χ1v) is 14.3. The van der Waals surface area contributed by atoms with E-state index >= 15 is 0 Å². The second kappa shape index (κ2) is 8.27. The Morgan fingerprint density at radius 3 is 2.28 bits per heavy atom. The number of fused-ring (bicyclic) bond motifs is 1. The SMILES string of the molecule is COc1ccc(N2[C@@H](c3ccccc3)CC(O[Si](C)(C)C)=C3CCCC[C@@H]32)cc1. The zero-order valence-electron chi connectivity index (χ0n) is 18.2. The molecule has 0 spiro atoms. The van der Waals surface area contributed by atoms with Crippen molar-refractivity contribution < 1.29 is 9.16 Å². The summed E-state index contributed by atoms with van der Waals surface area (Å²) in [5.74, 6) is 2.19. The minimum atomic E-state index is -1.66. The van der Waals surface area contributed by atoms with Crippen LogP contribution in [0.5, 0.6) is 5.75 Å². The number of hydrogen-bond acceptors (Lipinski definition) is 3. The Morgan fingerprint density at radius 1 is 0.897 bits per heavy atom. The predicted molar refractivity (Wildman–Crippen MR) is 123 cm³/mol. The summed E-state index contributed by atoms with van der Waals surface area (Å²) >= 11 is 0. The monoisotopic (exact) mass is 407 g/mol. The van der Waals surface area contributed by atoms with E-state index in [-0.39, 0.29) is 0 Å². The van der Waals surface area contributed by atoms with Crippen LogP contribution in [0.25, 0.3) is 0 Å². The van der Waals surface area contributed by atoms with Crippen LogP contribution < -0.4 is 9.64 Å². The largest absolute Gasteiger partial charge is 0.547 e. The van der Waals surface area contributed by atoms with Gasteiger partial charge in [-0.3, -0.25) is 0 Å². The molecule has 1 aliphatic heterocycles. The van der Waals surface area contributed by atoms with Crippen LogP contribution in [0.15, 0.2) is 65.9 Å². The Hall–Kier alpha value is -2.20. The van der Waals surface area contributed by atoms with Crippen LogP contribution >= 0.6 is 0 Å². The summed E-state index contributed by atoms with van der Waals surface area (Å²) in [5.41, 5.74) is 4.18. The van der Waals surface area contributed by atoms with Crippen LogP contribution in [-0.4, -0.2) is 21.5 Å². The maximum absolute atomic E-state index is 6.69. The van der Waals surface area contributed by atoms with Crippen molar-refractivity contribution >= 4 is 14.0 Å². The Labute approximate surface area is 176 Å². The van der Waals surface area contributed by atoms with Gasteiger partial charge >= 0.3 is 0 Å². The number of benzene rings is 2. The first kappa shape index (κ1) is 20.1. The van der Waals surface area contributed by atoms with Crippen molar-refractivity contribution in [1.29, 1.82) is 0 Å². The van der Waals surface area contributed by atoms with E-state index in [1.165, 1.54) is 42.7 Å². The van der Waals surface area contributed by atoms with Crippen LogP contribution in [0.2, 0.25) is 19.6 Å². The van der Waals surface area contributed by atoms with Crippen LogP contribution in [0.3, 0.4) is 0 Å². The highest BCUT2D eigenvalue weighted by Gasteiger charge is 2.39. The molecule has 0 N–H and O–H groups in total. The molecule has 0 unspecified atom stereocenters. The van der Waals surface area contributed by atoms with Gasteiger partial charge in [-0.1, -0.05) is 36.8 Å². The molecule has 0 bridgehead atoms. The lowest BCUT2D eigenvalue weighted by atomic mass is 9.81. The molecule has 0 aromatic heterocycles. The van der Waals surface area contributed by atoms with Gasteiger partial charge in [0.25, 0.3) is 0 Å².